The average molecular weight is 510 g/mol. The standard InChI is InChI=1S/C30H43N3O4/c1-7-20(4)28(24-15-22(6)29(34)32-18-24)33-26-16-23(9-8-21(26)5)17-31-27(14-19(2)3)30(35)37-25-10-12-36-13-11-25/h8-9,15-16,18-20,25,27,31H,7,10-14,17H2,1-6H3,(H,32,34)/b33-28+. The summed E-state index contributed by atoms with van der Waals surface area (Å²) in [5, 5.41) is 3.44. The molecule has 2 heterocycles. The quantitative estimate of drug-likeness (QED) is 0.313. The Morgan fingerprint density at radius 2 is 1.89 bits per heavy atom. The van der Waals surface area contributed by atoms with E-state index in [0.29, 0.717) is 37.7 Å². The number of nitrogens with zero attached hydrogens (tertiary/aromatic N) is 1. The van der Waals surface area contributed by atoms with Gasteiger partial charge in [-0.2, -0.15) is 0 Å². The number of pyridine rings is 1. The van der Waals surface area contributed by atoms with Crippen LogP contribution < -0.4 is 10.9 Å². The summed E-state index contributed by atoms with van der Waals surface area (Å²) in [4.78, 5) is 32.8. The normalized spacial score (nSPS) is 16.6. The molecule has 0 spiro atoms. The van der Waals surface area contributed by atoms with Crippen LogP contribution in [0.5, 0.6) is 0 Å². The molecule has 2 aromatic rings. The van der Waals surface area contributed by atoms with E-state index in [0.717, 1.165) is 47.4 Å². The van der Waals surface area contributed by atoms with E-state index in [1.165, 1.54) is 0 Å². The zero-order valence-corrected chi connectivity index (χ0v) is 23.2. The largest absolute Gasteiger partial charge is 0.461 e. The molecule has 0 aliphatic carbocycles. The first-order valence-electron chi connectivity index (χ1n) is 13.6. The number of benzene rings is 1. The van der Waals surface area contributed by atoms with Crippen LogP contribution in [0.3, 0.4) is 0 Å². The van der Waals surface area contributed by atoms with Crippen LogP contribution >= 0.6 is 0 Å². The monoisotopic (exact) mass is 509 g/mol. The van der Waals surface area contributed by atoms with Crippen LogP contribution in [0.2, 0.25) is 0 Å². The van der Waals surface area contributed by atoms with Crippen LogP contribution in [-0.4, -0.2) is 42.0 Å². The van der Waals surface area contributed by atoms with Gasteiger partial charge in [0.1, 0.15) is 12.1 Å². The topological polar surface area (TPSA) is 92.8 Å². The van der Waals surface area contributed by atoms with Gasteiger partial charge in [0.05, 0.1) is 24.6 Å². The Kier molecular flexibility index (Phi) is 10.6. The number of esters is 1. The minimum Gasteiger partial charge on any atom is -0.461 e. The molecule has 7 heteroatoms. The zero-order chi connectivity index (χ0) is 26.9. The Balaban J connectivity index is 1.80. The zero-order valence-electron chi connectivity index (χ0n) is 23.2. The number of hydrogen-bond acceptors (Lipinski definition) is 6. The van der Waals surface area contributed by atoms with Gasteiger partial charge >= 0.3 is 5.97 Å². The van der Waals surface area contributed by atoms with Gasteiger partial charge in [-0.05, 0) is 61.8 Å². The highest BCUT2D eigenvalue weighted by Crippen LogP contribution is 2.25. The highest BCUT2D eigenvalue weighted by Gasteiger charge is 2.25. The van der Waals surface area contributed by atoms with E-state index >= 15 is 0 Å². The van der Waals surface area contributed by atoms with Crippen molar-refractivity contribution in [1.29, 1.82) is 0 Å². The van der Waals surface area contributed by atoms with E-state index in [4.69, 9.17) is 14.5 Å². The average Bonchev–Trinajstić information content (AvgIpc) is 2.88. The Labute approximate surface area is 221 Å². The highest BCUT2D eigenvalue weighted by molar-refractivity contribution is 6.03. The van der Waals surface area contributed by atoms with Gasteiger partial charge in [-0.25, -0.2) is 0 Å². The molecule has 202 valence electrons. The second-order valence-corrected chi connectivity index (χ2v) is 10.6. The number of carbonyl (C=O) groups is 1. The van der Waals surface area contributed by atoms with Crippen LogP contribution in [0.4, 0.5) is 5.69 Å². The fourth-order valence-electron chi connectivity index (χ4n) is 4.43. The Hall–Kier alpha value is -2.77. The summed E-state index contributed by atoms with van der Waals surface area (Å²) in [6.07, 6.45) is 4.85. The number of hydrogen-bond donors (Lipinski definition) is 2. The summed E-state index contributed by atoms with van der Waals surface area (Å²) in [5.74, 6) is 0.400. The van der Waals surface area contributed by atoms with E-state index < -0.39 is 0 Å². The summed E-state index contributed by atoms with van der Waals surface area (Å²) >= 11 is 0. The predicted molar refractivity (Wildman–Crippen MR) is 149 cm³/mol. The molecule has 37 heavy (non-hydrogen) atoms. The number of nitrogens with one attached hydrogen (secondary N) is 2. The molecule has 0 saturated carbocycles. The van der Waals surface area contributed by atoms with Crippen LogP contribution in [0.1, 0.15) is 75.6 Å². The minimum absolute atomic E-state index is 0.0615. The molecule has 0 amide bonds. The summed E-state index contributed by atoms with van der Waals surface area (Å²) in [7, 11) is 0. The first-order valence-corrected chi connectivity index (χ1v) is 13.6. The summed E-state index contributed by atoms with van der Waals surface area (Å²) in [6, 6.07) is 7.77. The van der Waals surface area contributed by atoms with Crippen molar-refractivity contribution < 1.29 is 14.3 Å². The Morgan fingerprint density at radius 3 is 2.54 bits per heavy atom. The fourth-order valence-corrected chi connectivity index (χ4v) is 4.43. The number of ether oxygens (including phenoxy) is 2. The van der Waals surface area contributed by atoms with Crippen LogP contribution in [-0.2, 0) is 20.8 Å². The van der Waals surface area contributed by atoms with Gasteiger partial charge in [-0.15, -0.1) is 0 Å². The number of rotatable bonds is 11. The number of aromatic nitrogens is 1. The molecule has 1 aromatic heterocycles. The van der Waals surface area contributed by atoms with Crippen LogP contribution in [0.25, 0.3) is 0 Å². The maximum absolute atomic E-state index is 13.0. The van der Waals surface area contributed by atoms with Gasteiger partial charge in [0.2, 0.25) is 0 Å². The minimum atomic E-state index is -0.365. The number of H-pyrrole nitrogens is 1. The molecule has 0 bridgehead atoms. The molecule has 0 radical (unpaired) electrons. The molecular formula is C30H43N3O4. The van der Waals surface area contributed by atoms with Gasteiger partial charge in [0.15, 0.2) is 0 Å². The first-order chi connectivity index (χ1) is 17.7. The third-order valence-electron chi connectivity index (χ3n) is 6.97. The molecule has 7 nitrogen and oxygen atoms in total. The van der Waals surface area contributed by atoms with Crippen molar-refractivity contribution in [3.8, 4) is 0 Å². The van der Waals surface area contributed by atoms with Crippen molar-refractivity contribution in [2.75, 3.05) is 13.2 Å². The maximum atomic E-state index is 13.0. The smallest absolute Gasteiger partial charge is 0.323 e. The number of aromatic amines is 1. The van der Waals surface area contributed by atoms with Gasteiger partial charge in [0.25, 0.3) is 5.56 Å². The lowest BCUT2D eigenvalue weighted by molar-refractivity contribution is -0.156. The van der Waals surface area contributed by atoms with E-state index in [1.54, 1.807) is 6.20 Å². The fraction of sp³-hybridized carbons (Fsp3) is 0.567. The van der Waals surface area contributed by atoms with Crippen LogP contribution in [0.15, 0.2) is 40.2 Å². The summed E-state index contributed by atoms with van der Waals surface area (Å²) < 4.78 is 11.2. The summed E-state index contributed by atoms with van der Waals surface area (Å²) in [5.41, 5.74) is 5.50. The number of carbonyl (C=O) groups excluding carboxylic acids is 1. The van der Waals surface area contributed by atoms with Crippen molar-refractivity contribution in [2.24, 2.45) is 16.8 Å². The van der Waals surface area contributed by atoms with E-state index in [1.807, 2.05) is 13.0 Å². The molecule has 2 N–H and O–H groups in total. The van der Waals surface area contributed by atoms with E-state index in [-0.39, 0.29) is 29.6 Å². The molecule has 1 aliphatic heterocycles. The van der Waals surface area contributed by atoms with E-state index in [2.05, 4.69) is 63.1 Å². The molecule has 1 aliphatic rings. The lowest BCUT2D eigenvalue weighted by atomic mass is 9.96. The van der Waals surface area contributed by atoms with Gasteiger partial charge in [0, 0.05) is 36.7 Å². The number of aliphatic imine (C=N–C) groups is 1. The maximum Gasteiger partial charge on any atom is 0.323 e. The van der Waals surface area contributed by atoms with Crippen molar-refractivity contribution in [2.45, 2.75) is 85.9 Å². The van der Waals surface area contributed by atoms with E-state index in [9.17, 15) is 9.59 Å². The van der Waals surface area contributed by atoms with Gasteiger partial charge in [-0.1, -0.05) is 39.8 Å². The Bertz CT molecular complexity index is 1130. The van der Waals surface area contributed by atoms with Crippen molar-refractivity contribution in [3.05, 3.63) is 63.1 Å². The van der Waals surface area contributed by atoms with Crippen molar-refractivity contribution in [3.63, 3.8) is 0 Å². The lowest BCUT2D eigenvalue weighted by Crippen LogP contribution is -2.41. The Morgan fingerprint density at radius 1 is 1.16 bits per heavy atom. The van der Waals surface area contributed by atoms with Gasteiger partial charge in [-0.3, -0.25) is 14.6 Å². The highest BCUT2D eigenvalue weighted by atomic mass is 16.6. The summed E-state index contributed by atoms with van der Waals surface area (Å²) in [6.45, 7) is 14.2. The predicted octanol–water partition coefficient (Wildman–Crippen LogP) is 5.39. The van der Waals surface area contributed by atoms with Gasteiger partial charge < -0.3 is 19.8 Å². The van der Waals surface area contributed by atoms with Crippen molar-refractivity contribution in [1.82, 2.24) is 10.3 Å². The molecule has 1 saturated heterocycles. The third kappa shape index (κ3) is 8.37. The number of aryl methyl sites for hydroxylation is 2. The molecule has 2 atom stereocenters. The molecule has 1 fully saturated rings. The molecule has 1 aromatic carbocycles. The molecular weight excluding hydrogens is 466 g/mol. The molecule has 3 rings (SSSR count). The second-order valence-electron chi connectivity index (χ2n) is 10.6. The molecule has 2 unspecified atom stereocenters. The van der Waals surface area contributed by atoms with Crippen molar-refractivity contribution >= 4 is 17.4 Å². The SMILES string of the molecule is CCC(C)/C(=N\c1cc(CNC(CC(C)C)C(=O)OC2CCOCC2)ccc1C)c1c[nH]c(=O)c(C)c1. The third-order valence-corrected chi connectivity index (χ3v) is 6.97. The van der Waals surface area contributed by atoms with Crippen LogP contribution in [0, 0.1) is 25.7 Å². The first kappa shape index (κ1) is 28.8. The lowest BCUT2D eigenvalue weighted by Gasteiger charge is -2.26. The second kappa shape index (κ2) is 13.7.